The summed E-state index contributed by atoms with van der Waals surface area (Å²) in [5.41, 5.74) is 1.10. The second-order valence-corrected chi connectivity index (χ2v) is 6.71. The van der Waals surface area contributed by atoms with Crippen LogP contribution in [0.25, 0.3) is 22.5 Å². The molecule has 1 N–H and O–H groups in total. The monoisotopic (exact) mass is 429 g/mol. The average molecular weight is 429 g/mol. The van der Waals surface area contributed by atoms with Gasteiger partial charge in [0.25, 0.3) is 11.8 Å². The van der Waals surface area contributed by atoms with E-state index in [1.54, 1.807) is 30.3 Å². The van der Waals surface area contributed by atoms with Gasteiger partial charge in [0.2, 0.25) is 5.82 Å². The molecule has 2 aromatic carbocycles. The molecule has 10 heteroatoms. The zero-order valence-corrected chi connectivity index (χ0v) is 15.8. The fraction of sp³-hybridized carbons (Fsp3) is 0.143. The lowest BCUT2D eigenvalue weighted by atomic mass is 10.0. The molecule has 158 valence electrons. The minimum atomic E-state index is -4.67. The Morgan fingerprint density at radius 2 is 1.55 bits per heavy atom. The number of imidazole rings is 1. The molecule has 0 aliphatic carbocycles. The third-order valence-corrected chi connectivity index (χ3v) is 4.61. The van der Waals surface area contributed by atoms with Crippen molar-refractivity contribution in [3.8, 4) is 22.5 Å². The molecule has 0 bridgehead atoms. The number of hydrogen-bond donors (Lipinski definition) is 1. The molecule has 1 saturated heterocycles. The Morgan fingerprint density at radius 3 is 2.13 bits per heavy atom. The van der Waals surface area contributed by atoms with E-state index in [2.05, 4.69) is 9.97 Å². The molecule has 7 nitrogen and oxygen atoms in total. The second-order valence-electron chi connectivity index (χ2n) is 6.71. The van der Waals surface area contributed by atoms with Crippen molar-refractivity contribution in [3.05, 3.63) is 66.0 Å². The lowest BCUT2D eigenvalue weighted by Gasteiger charge is -2.12. The number of rotatable bonds is 4. The number of aromatic nitrogens is 2. The van der Waals surface area contributed by atoms with Gasteiger partial charge in [-0.1, -0.05) is 42.5 Å². The van der Waals surface area contributed by atoms with Crippen molar-refractivity contribution >= 4 is 17.8 Å². The summed E-state index contributed by atoms with van der Waals surface area (Å²) >= 11 is 0. The van der Waals surface area contributed by atoms with Gasteiger partial charge in [0.05, 0.1) is 17.0 Å². The highest BCUT2D eigenvalue weighted by Crippen LogP contribution is 2.35. The molecule has 1 aliphatic rings. The van der Waals surface area contributed by atoms with E-state index in [-0.39, 0.29) is 29.8 Å². The molecule has 2 amide bonds. The lowest BCUT2D eigenvalue weighted by Crippen LogP contribution is -2.32. The predicted octanol–water partition coefficient (Wildman–Crippen LogP) is 3.98. The molecule has 0 atom stereocenters. The first-order valence-corrected chi connectivity index (χ1v) is 9.15. The van der Waals surface area contributed by atoms with Gasteiger partial charge in [-0.3, -0.25) is 9.59 Å². The molecular formula is C21H14F3N3O4. The topological polar surface area (TPSA) is 92.4 Å². The van der Waals surface area contributed by atoms with E-state index in [9.17, 15) is 27.6 Å². The van der Waals surface area contributed by atoms with E-state index >= 15 is 0 Å². The van der Waals surface area contributed by atoms with Crippen molar-refractivity contribution in [2.45, 2.75) is 19.0 Å². The minimum Gasteiger partial charge on any atom is -0.334 e. The van der Waals surface area contributed by atoms with Crippen LogP contribution in [0, 0.1) is 0 Å². The van der Waals surface area contributed by atoms with Crippen LogP contribution >= 0.6 is 0 Å². The molecule has 0 spiro atoms. The number of hydroxylamine groups is 2. The van der Waals surface area contributed by atoms with Gasteiger partial charge < -0.3 is 9.82 Å². The number of carbonyl (C=O) groups is 3. The number of nitrogens with zero attached hydrogens (tertiary/aromatic N) is 2. The van der Waals surface area contributed by atoms with Crippen LogP contribution in [0.1, 0.15) is 29.0 Å². The Labute approximate surface area is 173 Å². The third kappa shape index (κ3) is 4.04. The quantitative estimate of drug-likeness (QED) is 0.634. The average Bonchev–Trinajstić information content (AvgIpc) is 3.34. The molecule has 4 rings (SSSR count). The summed E-state index contributed by atoms with van der Waals surface area (Å²) in [5, 5.41) is 0.425. The zero-order chi connectivity index (χ0) is 22.2. The molecule has 0 unspecified atom stereocenters. The molecule has 1 aromatic heterocycles. The first kappa shape index (κ1) is 20.3. The van der Waals surface area contributed by atoms with Gasteiger partial charge in [-0.15, -0.1) is 5.06 Å². The normalized spacial score (nSPS) is 14.2. The van der Waals surface area contributed by atoms with Crippen molar-refractivity contribution < 1.29 is 32.4 Å². The van der Waals surface area contributed by atoms with Gasteiger partial charge >= 0.3 is 12.1 Å². The number of nitrogens with one attached hydrogen (secondary N) is 1. The zero-order valence-electron chi connectivity index (χ0n) is 15.8. The van der Waals surface area contributed by atoms with Crippen molar-refractivity contribution in [2.75, 3.05) is 0 Å². The summed E-state index contributed by atoms with van der Waals surface area (Å²) in [5.74, 6) is -3.30. The van der Waals surface area contributed by atoms with Crippen LogP contribution in [0.5, 0.6) is 0 Å². The van der Waals surface area contributed by atoms with Crippen molar-refractivity contribution in [2.24, 2.45) is 0 Å². The Hall–Kier alpha value is -3.95. The van der Waals surface area contributed by atoms with Gasteiger partial charge in [0, 0.05) is 24.0 Å². The Balaban J connectivity index is 1.64. The number of H-pyrrole nitrogens is 1. The van der Waals surface area contributed by atoms with Crippen LogP contribution in [0.15, 0.2) is 54.6 Å². The molecule has 0 radical (unpaired) electrons. The van der Waals surface area contributed by atoms with Gasteiger partial charge in [0.15, 0.2) is 0 Å². The second kappa shape index (κ2) is 7.71. The molecule has 31 heavy (non-hydrogen) atoms. The van der Waals surface area contributed by atoms with Crippen LogP contribution in [0.3, 0.4) is 0 Å². The summed E-state index contributed by atoms with van der Waals surface area (Å²) in [4.78, 5) is 46.2. The molecular weight excluding hydrogens is 415 g/mol. The van der Waals surface area contributed by atoms with E-state index in [1.807, 2.05) is 0 Å². The third-order valence-electron chi connectivity index (χ3n) is 4.61. The van der Waals surface area contributed by atoms with Crippen molar-refractivity contribution in [1.29, 1.82) is 0 Å². The van der Waals surface area contributed by atoms with E-state index in [0.29, 0.717) is 16.2 Å². The maximum absolute atomic E-state index is 13.2. The standard InChI is InChI=1S/C21H14F3N3O4/c22-21(23,24)20-25-17(12-4-2-1-3-5-12)18(26-20)13-6-8-14(9-7-13)19(30)31-27-15(28)10-11-16(27)29/h1-9H,10-11H2,(H,25,26). The maximum atomic E-state index is 13.2. The van der Waals surface area contributed by atoms with Gasteiger partial charge in [-0.2, -0.15) is 13.2 Å². The first-order valence-electron chi connectivity index (χ1n) is 9.15. The van der Waals surface area contributed by atoms with Gasteiger partial charge in [0.1, 0.15) is 0 Å². The number of aromatic amines is 1. The maximum Gasteiger partial charge on any atom is 0.449 e. The lowest BCUT2D eigenvalue weighted by molar-refractivity contribution is -0.172. The number of benzene rings is 2. The fourth-order valence-corrected chi connectivity index (χ4v) is 3.09. The molecule has 3 aromatic rings. The number of imide groups is 1. The number of halogens is 3. The highest BCUT2D eigenvalue weighted by molar-refractivity contribution is 6.02. The number of hydrogen-bond acceptors (Lipinski definition) is 5. The molecule has 1 aliphatic heterocycles. The van der Waals surface area contributed by atoms with Crippen molar-refractivity contribution in [1.82, 2.24) is 15.0 Å². The highest BCUT2D eigenvalue weighted by Gasteiger charge is 2.36. The summed E-state index contributed by atoms with van der Waals surface area (Å²) in [6.45, 7) is 0. The Morgan fingerprint density at radius 1 is 0.935 bits per heavy atom. The Bertz CT molecular complexity index is 1140. The van der Waals surface area contributed by atoms with Crippen LogP contribution in [0.4, 0.5) is 13.2 Å². The molecule has 0 saturated carbocycles. The van der Waals surface area contributed by atoms with Crippen LogP contribution in [0.2, 0.25) is 0 Å². The number of carbonyl (C=O) groups excluding carboxylic acids is 3. The smallest absolute Gasteiger partial charge is 0.334 e. The predicted molar refractivity (Wildman–Crippen MR) is 101 cm³/mol. The van der Waals surface area contributed by atoms with E-state index in [1.165, 1.54) is 24.3 Å². The first-order chi connectivity index (χ1) is 14.7. The summed E-state index contributed by atoms with van der Waals surface area (Å²) < 4.78 is 39.7. The van der Waals surface area contributed by atoms with Crippen LogP contribution in [-0.2, 0) is 20.6 Å². The minimum absolute atomic E-state index is 0.0214. The summed E-state index contributed by atoms with van der Waals surface area (Å²) in [7, 11) is 0. The van der Waals surface area contributed by atoms with E-state index in [4.69, 9.17) is 4.84 Å². The van der Waals surface area contributed by atoms with Crippen LogP contribution in [-0.4, -0.2) is 32.8 Å². The fourth-order valence-electron chi connectivity index (χ4n) is 3.09. The van der Waals surface area contributed by atoms with E-state index < -0.39 is 29.8 Å². The largest absolute Gasteiger partial charge is 0.449 e. The van der Waals surface area contributed by atoms with E-state index in [0.717, 1.165) is 0 Å². The Kier molecular flexibility index (Phi) is 5.05. The molecule has 2 heterocycles. The number of alkyl halides is 3. The van der Waals surface area contributed by atoms with Gasteiger partial charge in [-0.25, -0.2) is 9.78 Å². The van der Waals surface area contributed by atoms with Crippen LogP contribution < -0.4 is 0 Å². The van der Waals surface area contributed by atoms with Gasteiger partial charge in [-0.05, 0) is 12.1 Å². The van der Waals surface area contributed by atoms with Crippen molar-refractivity contribution in [3.63, 3.8) is 0 Å². The summed E-state index contributed by atoms with van der Waals surface area (Å²) in [6.07, 6.45) is -4.73. The molecule has 1 fully saturated rings. The number of amides is 2. The summed E-state index contributed by atoms with van der Waals surface area (Å²) in [6, 6.07) is 13.9. The highest BCUT2D eigenvalue weighted by atomic mass is 19.4. The SMILES string of the molecule is O=C(ON1C(=O)CCC1=O)c1ccc(-c2[nH]c(C(F)(F)F)nc2-c2ccccc2)cc1.